The van der Waals surface area contributed by atoms with E-state index in [-0.39, 0.29) is 0 Å². The number of guanidine groups is 1. The number of aliphatic imine (C=N–C) groups is 1. The first-order valence-electron chi connectivity index (χ1n) is 8.09. The van der Waals surface area contributed by atoms with Crippen molar-refractivity contribution in [2.45, 2.75) is 26.2 Å². The van der Waals surface area contributed by atoms with Crippen LogP contribution in [0.4, 0.5) is 13.2 Å². The van der Waals surface area contributed by atoms with Crippen LogP contribution in [0.3, 0.4) is 0 Å². The van der Waals surface area contributed by atoms with Gasteiger partial charge in [0.15, 0.2) is 5.96 Å². The maximum atomic E-state index is 12.6. The number of nitriles is 1. The molecule has 0 fully saturated rings. The Hall–Kier alpha value is -3.01. The number of alkyl halides is 3. The highest BCUT2D eigenvalue weighted by Crippen LogP contribution is 2.29. The van der Waals surface area contributed by atoms with Crippen molar-refractivity contribution in [1.82, 2.24) is 10.6 Å². The Balaban J connectivity index is 2.00. The predicted molar refractivity (Wildman–Crippen MR) is 94.3 cm³/mol. The van der Waals surface area contributed by atoms with Crippen molar-refractivity contribution in [2.24, 2.45) is 4.99 Å². The van der Waals surface area contributed by atoms with E-state index in [1.54, 1.807) is 18.2 Å². The molecule has 2 rings (SSSR count). The SMILES string of the molecule is CCNC(=NCc1cccc(C#N)c1)NCc1ccc(C(F)(F)F)cc1. The molecule has 0 aliphatic rings. The second kappa shape index (κ2) is 8.90. The molecule has 2 aromatic carbocycles. The summed E-state index contributed by atoms with van der Waals surface area (Å²) in [7, 11) is 0. The van der Waals surface area contributed by atoms with E-state index in [9.17, 15) is 13.2 Å². The molecule has 0 bridgehead atoms. The van der Waals surface area contributed by atoms with Crippen molar-refractivity contribution in [3.63, 3.8) is 0 Å². The van der Waals surface area contributed by atoms with Gasteiger partial charge in [0.05, 0.1) is 23.7 Å². The molecule has 7 heteroatoms. The van der Waals surface area contributed by atoms with Crippen LogP contribution in [-0.2, 0) is 19.3 Å². The lowest BCUT2D eigenvalue weighted by Gasteiger charge is -2.12. The fraction of sp³-hybridized carbons (Fsp3) is 0.263. The third kappa shape index (κ3) is 5.81. The molecule has 0 radical (unpaired) electrons. The Kier molecular flexibility index (Phi) is 6.61. The Labute approximate surface area is 150 Å². The minimum Gasteiger partial charge on any atom is -0.357 e. The zero-order valence-electron chi connectivity index (χ0n) is 14.3. The van der Waals surface area contributed by atoms with E-state index in [0.29, 0.717) is 31.2 Å². The standard InChI is InChI=1S/C19H19F3N4/c1-2-24-18(26-13-16-5-3-4-15(10-16)11-23)25-12-14-6-8-17(9-7-14)19(20,21)22/h3-10H,2,12-13H2,1H3,(H2,24,25,26). The van der Waals surface area contributed by atoms with Crippen LogP contribution < -0.4 is 10.6 Å². The fourth-order valence-corrected chi connectivity index (χ4v) is 2.25. The summed E-state index contributed by atoms with van der Waals surface area (Å²) in [6.07, 6.45) is -4.33. The predicted octanol–water partition coefficient (Wildman–Crippen LogP) is 3.83. The maximum absolute atomic E-state index is 12.6. The van der Waals surface area contributed by atoms with Gasteiger partial charge in [-0.25, -0.2) is 4.99 Å². The summed E-state index contributed by atoms with van der Waals surface area (Å²) in [6, 6.07) is 14.3. The molecule has 0 saturated carbocycles. The summed E-state index contributed by atoms with van der Waals surface area (Å²) in [5.41, 5.74) is 1.52. The molecule has 0 aliphatic carbocycles. The van der Waals surface area contributed by atoms with Crippen molar-refractivity contribution in [2.75, 3.05) is 6.54 Å². The van der Waals surface area contributed by atoms with Crippen LogP contribution in [0.25, 0.3) is 0 Å². The van der Waals surface area contributed by atoms with E-state index in [4.69, 9.17) is 5.26 Å². The zero-order valence-corrected chi connectivity index (χ0v) is 14.3. The average Bonchev–Trinajstić information content (AvgIpc) is 2.64. The van der Waals surface area contributed by atoms with Gasteiger partial charge < -0.3 is 10.6 Å². The lowest BCUT2D eigenvalue weighted by Crippen LogP contribution is -2.36. The first-order valence-corrected chi connectivity index (χ1v) is 8.09. The number of nitrogens with zero attached hydrogens (tertiary/aromatic N) is 2. The van der Waals surface area contributed by atoms with E-state index in [0.717, 1.165) is 23.3 Å². The minimum absolute atomic E-state index is 0.349. The molecular formula is C19H19F3N4. The average molecular weight is 360 g/mol. The summed E-state index contributed by atoms with van der Waals surface area (Å²) in [5.74, 6) is 0.551. The normalized spacial score (nSPS) is 11.7. The molecule has 4 nitrogen and oxygen atoms in total. The Morgan fingerprint density at radius 3 is 2.42 bits per heavy atom. The first kappa shape index (κ1) is 19.3. The van der Waals surface area contributed by atoms with Crippen molar-refractivity contribution in [1.29, 1.82) is 5.26 Å². The number of benzene rings is 2. The van der Waals surface area contributed by atoms with Crippen LogP contribution in [-0.4, -0.2) is 12.5 Å². The van der Waals surface area contributed by atoms with Gasteiger partial charge in [0.25, 0.3) is 0 Å². The number of hydrogen-bond acceptors (Lipinski definition) is 2. The van der Waals surface area contributed by atoms with Gasteiger partial charge in [-0.3, -0.25) is 0 Å². The van der Waals surface area contributed by atoms with Gasteiger partial charge in [0, 0.05) is 13.1 Å². The molecule has 2 aromatic rings. The molecule has 0 spiro atoms. The molecule has 26 heavy (non-hydrogen) atoms. The van der Waals surface area contributed by atoms with Crippen molar-refractivity contribution >= 4 is 5.96 Å². The van der Waals surface area contributed by atoms with E-state index < -0.39 is 11.7 Å². The van der Waals surface area contributed by atoms with Gasteiger partial charge in [-0.15, -0.1) is 0 Å². The van der Waals surface area contributed by atoms with Gasteiger partial charge in [0.2, 0.25) is 0 Å². The second-order valence-electron chi connectivity index (χ2n) is 5.56. The lowest BCUT2D eigenvalue weighted by atomic mass is 10.1. The Bertz CT molecular complexity index is 790. The fourth-order valence-electron chi connectivity index (χ4n) is 2.25. The number of rotatable bonds is 5. The van der Waals surface area contributed by atoms with Gasteiger partial charge in [-0.1, -0.05) is 24.3 Å². The quantitative estimate of drug-likeness (QED) is 0.629. The highest BCUT2D eigenvalue weighted by molar-refractivity contribution is 5.79. The molecule has 0 unspecified atom stereocenters. The number of hydrogen-bond donors (Lipinski definition) is 2. The topological polar surface area (TPSA) is 60.2 Å². The van der Waals surface area contributed by atoms with E-state index in [1.165, 1.54) is 12.1 Å². The molecule has 0 aliphatic heterocycles. The first-order chi connectivity index (χ1) is 12.4. The third-order valence-electron chi connectivity index (χ3n) is 3.56. The Morgan fingerprint density at radius 1 is 1.08 bits per heavy atom. The molecule has 0 heterocycles. The Morgan fingerprint density at radius 2 is 1.81 bits per heavy atom. The second-order valence-corrected chi connectivity index (χ2v) is 5.56. The van der Waals surface area contributed by atoms with E-state index in [1.807, 2.05) is 13.0 Å². The summed E-state index contributed by atoms with van der Waals surface area (Å²) >= 11 is 0. The molecule has 0 saturated heterocycles. The minimum atomic E-state index is -4.33. The molecule has 136 valence electrons. The number of nitrogens with one attached hydrogen (secondary N) is 2. The van der Waals surface area contributed by atoms with Gasteiger partial charge in [0.1, 0.15) is 0 Å². The molecule has 0 atom stereocenters. The van der Waals surface area contributed by atoms with E-state index in [2.05, 4.69) is 21.7 Å². The highest BCUT2D eigenvalue weighted by atomic mass is 19.4. The largest absolute Gasteiger partial charge is 0.416 e. The van der Waals surface area contributed by atoms with Crippen LogP contribution in [0.15, 0.2) is 53.5 Å². The molecule has 0 aromatic heterocycles. The summed E-state index contributed by atoms with van der Waals surface area (Å²) < 4.78 is 37.8. The molecule has 0 amide bonds. The van der Waals surface area contributed by atoms with Gasteiger partial charge >= 0.3 is 6.18 Å². The number of halogens is 3. The van der Waals surface area contributed by atoms with Crippen molar-refractivity contribution < 1.29 is 13.2 Å². The summed E-state index contributed by atoms with van der Waals surface area (Å²) in [4.78, 5) is 4.44. The van der Waals surface area contributed by atoms with Gasteiger partial charge in [-0.2, -0.15) is 18.4 Å². The monoisotopic (exact) mass is 360 g/mol. The smallest absolute Gasteiger partial charge is 0.357 e. The highest BCUT2D eigenvalue weighted by Gasteiger charge is 2.29. The van der Waals surface area contributed by atoms with Gasteiger partial charge in [-0.05, 0) is 42.3 Å². The van der Waals surface area contributed by atoms with Crippen LogP contribution in [0.1, 0.15) is 29.2 Å². The van der Waals surface area contributed by atoms with Crippen LogP contribution in [0, 0.1) is 11.3 Å². The summed E-state index contributed by atoms with van der Waals surface area (Å²) in [5, 5.41) is 15.1. The summed E-state index contributed by atoms with van der Waals surface area (Å²) in [6.45, 7) is 3.31. The molecule has 2 N–H and O–H groups in total. The van der Waals surface area contributed by atoms with Crippen LogP contribution >= 0.6 is 0 Å². The maximum Gasteiger partial charge on any atom is 0.416 e. The lowest BCUT2D eigenvalue weighted by molar-refractivity contribution is -0.137. The zero-order chi connectivity index (χ0) is 19.0. The van der Waals surface area contributed by atoms with Crippen molar-refractivity contribution in [3.8, 4) is 6.07 Å². The third-order valence-corrected chi connectivity index (χ3v) is 3.56. The van der Waals surface area contributed by atoms with Crippen LogP contribution in [0.2, 0.25) is 0 Å². The van der Waals surface area contributed by atoms with Crippen LogP contribution in [0.5, 0.6) is 0 Å². The van der Waals surface area contributed by atoms with E-state index >= 15 is 0 Å². The molecular weight excluding hydrogens is 341 g/mol. The van der Waals surface area contributed by atoms with Crippen molar-refractivity contribution in [3.05, 3.63) is 70.8 Å².